The summed E-state index contributed by atoms with van der Waals surface area (Å²) in [7, 11) is 0. The Morgan fingerprint density at radius 1 is 1.40 bits per heavy atom. The molecule has 0 amide bonds. The van der Waals surface area contributed by atoms with Crippen LogP contribution in [0.15, 0.2) is 6.07 Å². The molecule has 5 heteroatoms. The molecule has 1 aliphatic carbocycles. The zero-order valence-corrected chi connectivity index (χ0v) is 12.5. The van der Waals surface area contributed by atoms with Crippen molar-refractivity contribution in [1.29, 1.82) is 0 Å². The lowest BCUT2D eigenvalue weighted by Gasteiger charge is -2.36. The maximum Gasteiger partial charge on any atom is 0.139 e. The van der Waals surface area contributed by atoms with Crippen LogP contribution in [0.2, 0.25) is 0 Å². The van der Waals surface area contributed by atoms with Crippen molar-refractivity contribution in [3.05, 3.63) is 22.9 Å². The van der Waals surface area contributed by atoms with E-state index >= 15 is 0 Å². The predicted molar refractivity (Wildman–Crippen MR) is 84.2 cm³/mol. The topological polar surface area (TPSA) is 62.4 Å². The number of fused-ring (bicyclic) bond motifs is 1. The Morgan fingerprint density at radius 2 is 2.25 bits per heavy atom. The maximum absolute atomic E-state index is 9.61. The first-order valence-electron chi connectivity index (χ1n) is 7.41. The van der Waals surface area contributed by atoms with Crippen molar-refractivity contribution >= 4 is 23.0 Å². The number of hydrogen-bond donors (Lipinski definition) is 2. The molecule has 1 aliphatic heterocycles. The van der Waals surface area contributed by atoms with Crippen LogP contribution in [-0.4, -0.2) is 34.3 Å². The van der Waals surface area contributed by atoms with Gasteiger partial charge < -0.3 is 15.7 Å². The SMILES string of the molecule is NC(=S)c1cc2c(nc1N1CCCCC1CO)CCC2. The lowest BCUT2D eigenvalue weighted by atomic mass is 10.0. The second kappa shape index (κ2) is 5.66. The minimum Gasteiger partial charge on any atom is -0.394 e. The van der Waals surface area contributed by atoms with Crippen LogP contribution in [0.4, 0.5) is 5.82 Å². The third kappa shape index (κ3) is 2.40. The van der Waals surface area contributed by atoms with E-state index in [1.54, 1.807) is 0 Å². The smallest absolute Gasteiger partial charge is 0.139 e. The zero-order valence-electron chi connectivity index (χ0n) is 11.6. The number of aliphatic hydroxyl groups is 1. The molecule has 1 aromatic heterocycles. The third-order valence-electron chi connectivity index (χ3n) is 4.41. The van der Waals surface area contributed by atoms with Gasteiger partial charge in [0.15, 0.2) is 0 Å². The number of aromatic nitrogens is 1. The third-order valence-corrected chi connectivity index (χ3v) is 4.63. The fourth-order valence-electron chi connectivity index (χ4n) is 3.33. The highest BCUT2D eigenvalue weighted by Gasteiger charge is 2.27. The van der Waals surface area contributed by atoms with Gasteiger partial charge in [0.2, 0.25) is 0 Å². The highest BCUT2D eigenvalue weighted by atomic mass is 32.1. The van der Waals surface area contributed by atoms with E-state index in [1.807, 2.05) is 0 Å². The second-order valence-electron chi connectivity index (χ2n) is 5.71. The standard InChI is InChI=1S/C15H21N3OS/c16-14(20)12-8-10-4-3-6-13(10)17-15(12)18-7-2-1-5-11(18)9-19/h8,11,19H,1-7,9H2,(H2,16,20). The van der Waals surface area contributed by atoms with Crippen LogP contribution in [0, 0.1) is 0 Å². The lowest BCUT2D eigenvalue weighted by molar-refractivity contribution is 0.239. The molecule has 3 rings (SSSR count). The first-order valence-corrected chi connectivity index (χ1v) is 7.81. The van der Waals surface area contributed by atoms with Crippen LogP contribution in [0.1, 0.15) is 42.5 Å². The Hall–Kier alpha value is -1.20. The average molecular weight is 291 g/mol. The molecule has 1 unspecified atom stereocenters. The van der Waals surface area contributed by atoms with Crippen molar-refractivity contribution < 1.29 is 5.11 Å². The molecule has 1 fully saturated rings. The summed E-state index contributed by atoms with van der Waals surface area (Å²) in [5, 5.41) is 9.61. The molecule has 2 aliphatic rings. The van der Waals surface area contributed by atoms with E-state index < -0.39 is 0 Å². The lowest BCUT2D eigenvalue weighted by Crippen LogP contribution is -2.43. The van der Waals surface area contributed by atoms with Crippen molar-refractivity contribution in [1.82, 2.24) is 4.98 Å². The van der Waals surface area contributed by atoms with E-state index in [0.717, 1.165) is 56.5 Å². The Morgan fingerprint density at radius 3 is 3.00 bits per heavy atom. The summed E-state index contributed by atoms with van der Waals surface area (Å²) in [4.78, 5) is 7.46. The zero-order chi connectivity index (χ0) is 14.1. The number of pyridine rings is 1. The maximum atomic E-state index is 9.61. The normalized spacial score (nSPS) is 21.9. The summed E-state index contributed by atoms with van der Waals surface area (Å²) in [6.45, 7) is 1.09. The molecule has 3 N–H and O–H groups in total. The molecule has 1 aromatic rings. The number of nitrogens with zero attached hydrogens (tertiary/aromatic N) is 2. The molecule has 20 heavy (non-hydrogen) atoms. The van der Waals surface area contributed by atoms with E-state index in [-0.39, 0.29) is 12.6 Å². The molecule has 0 radical (unpaired) electrons. The highest BCUT2D eigenvalue weighted by Crippen LogP contribution is 2.31. The van der Waals surface area contributed by atoms with Crippen LogP contribution < -0.4 is 10.6 Å². The van der Waals surface area contributed by atoms with Gasteiger partial charge in [0.05, 0.1) is 18.2 Å². The minimum atomic E-state index is 0.142. The van der Waals surface area contributed by atoms with Crippen molar-refractivity contribution in [3.63, 3.8) is 0 Å². The van der Waals surface area contributed by atoms with Crippen LogP contribution >= 0.6 is 12.2 Å². The van der Waals surface area contributed by atoms with E-state index in [2.05, 4.69) is 11.0 Å². The molecule has 108 valence electrons. The van der Waals surface area contributed by atoms with Gasteiger partial charge in [-0.1, -0.05) is 12.2 Å². The van der Waals surface area contributed by atoms with Crippen molar-refractivity contribution in [2.45, 2.75) is 44.6 Å². The number of aliphatic hydroxyl groups excluding tert-OH is 1. The van der Waals surface area contributed by atoms with Gasteiger partial charge in [-0.2, -0.15) is 0 Å². The van der Waals surface area contributed by atoms with Gasteiger partial charge in [0.25, 0.3) is 0 Å². The van der Waals surface area contributed by atoms with Gasteiger partial charge in [-0.15, -0.1) is 0 Å². The second-order valence-corrected chi connectivity index (χ2v) is 6.15. The summed E-state index contributed by atoms with van der Waals surface area (Å²) < 4.78 is 0. The van der Waals surface area contributed by atoms with Gasteiger partial charge >= 0.3 is 0 Å². The number of anilines is 1. The van der Waals surface area contributed by atoms with Gasteiger partial charge in [-0.05, 0) is 50.2 Å². The van der Waals surface area contributed by atoms with Gasteiger partial charge in [-0.25, -0.2) is 4.98 Å². The Balaban J connectivity index is 2.04. The molecular formula is C15H21N3OS. The van der Waals surface area contributed by atoms with Crippen molar-refractivity contribution in [2.24, 2.45) is 5.73 Å². The van der Waals surface area contributed by atoms with Crippen LogP contribution in [0.3, 0.4) is 0 Å². The fraction of sp³-hybridized carbons (Fsp3) is 0.600. The number of aryl methyl sites for hydroxylation is 2. The number of nitrogens with two attached hydrogens (primary N) is 1. The van der Waals surface area contributed by atoms with Crippen LogP contribution in [0.5, 0.6) is 0 Å². The summed E-state index contributed by atoms with van der Waals surface area (Å²) in [5.41, 5.74) is 9.25. The Labute approximate surface area is 125 Å². The number of piperidine rings is 1. The average Bonchev–Trinajstić information content (AvgIpc) is 2.93. The summed E-state index contributed by atoms with van der Waals surface area (Å²) in [6, 6.07) is 2.26. The Kier molecular flexibility index (Phi) is 3.89. The van der Waals surface area contributed by atoms with Crippen molar-refractivity contribution in [3.8, 4) is 0 Å². The fourth-order valence-corrected chi connectivity index (χ4v) is 3.48. The molecule has 0 aromatic carbocycles. The predicted octanol–water partition coefficient (Wildman–Crippen LogP) is 1.56. The van der Waals surface area contributed by atoms with Crippen molar-refractivity contribution in [2.75, 3.05) is 18.1 Å². The van der Waals surface area contributed by atoms with Gasteiger partial charge in [-0.3, -0.25) is 0 Å². The molecule has 2 heterocycles. The Bertz CT molecular complexity index is 532. The monoisotopic (exact) mass is 291 g/mol. The van der Waals surface area contributed by atoms with Gasteiger partial charge in [0, 0.05) is 12.2 Å². The molecule has 0 saturated carbocycles. The summed E-state index contributed by atoms with van der Waals surface area (Å²) in [5.74, 6) is 0.886. The quantitative estimate of drug-likeness (QED) is 0.828. The molecule has 1 atom stereocenters. The number of rotatable bonds is 3. The highest BCUT2D eigenvalue weighted by molar-refractivity contribution is 7.80. The molecule has 0 bridgehead atoms. The first kappa shape index (κ1) is 13.8. The van der Waals surface area contributed by atoms with E-state index in [0.29, 0.717) is 4.99 Å². The largest absolute Gasteiger partial charge is 0.394 e. The molecular weight excluding hydrogens is 270 g/mol. The van der Waals surface area contributed by atoms with E-state index in [1.165, 1.54) is 11.3 Å². The minimum absolute atomic E-state index is 0.142. The first-order chi connectivity index (χ1) is 9.70. The van der Waals surface area contributed by atoms with E-state index in [4.69, 9.17) is 22.9 Å². The number of hydrogen-bond acceptors (Lipinski definition) is 4. The summed E-state index contributed by atoms with van der Waals surface area (Å²) >= 11 is 5.21. The summed E-state index contributed by atoms with van der Waals surface area (Å²) in [6.07, 6.45) is 6.57. The number of thiocarbonyl (C=S) groups is 1. The van der Waals surface area contributed by atoms with Gasteiger partial charge in [0.1, 0.15) is 10.8 Å². The molecule has 0 spiro atoms. The van der Waals surface area contributed by atoms with Crippen LogP contribution in [0.25, 0.3) is 0 Å². The van der Waals surface area contributed by atoms with E-state index in [9.17, 15) is 5.11 Å². The molecule has 4 nitrogen and oxygen atoms in total. The molecule has 1 saturated heterocycles. The van der Waals surface area contributed by atoms with Crippen LogP contribution in [-0.2, 0) is 12.8 Å².